The summed E-state index contributed by atoms with van der Waals surface area (Å²) in [6, 6.07) is 3.58. The molecule has 0 unspecified atom stereocenters. The monoisotopic (exact) mass is 325 g/mol. The van der Waals surface area contributed by atoms with Crippen LogP contribution >= 0.6 is 0 Å². The number of fused-ring (bicyclic) bond motifs is 1. The van der Waals surface area contributed by atoms with Crippen LogP contribution in [0.15, 0.2) is 33.8 Å². The minimum absolute atomic E-state index is 0.0858. The summed E-state index contributed by atoms with van der Waals surface area (Å²) in [6.45, 7) is 4.22. The van der Waals surface area contributed by atoms with Crippen molar-refractivity contribution < 1.29 is 4.42 Å². The molecule has 24 heavy (non-hydrogen) atoms. The Kier molecular flexibility index (Phi) is 3.57. The van der Waals surface area contributed by atoms with Gasteiger partial charge in [0.2, 0.25) is 0 Å². The molecule has 0 bridgehead atoms. The Bertz CT molecular complexity index is 923. The number of aryl methyl sites for hydroxylation is 1. The van der Waals surface area contributed by atoms with Crippen LogP contribution in [0.2, 0.25) is 0 Å². The molecule has 0 spiro atoms. The fraction of sp³-hybridized carbons (Fsp3) is 0.353. The van der Waals surface area contributed by atoms with Gasteiger partial charge in [-0.1, -0.05) is 0 Å². The van der Waals surface area contributed by atoms with E-state index in [0.29, 0.717) is 18.1 Å². The van der Waals surface area contributed by atoms with Crippen LogP contribution in [0, 0.1) is 6.92 Å². The molecule has 1 aliphatic rings. The fourth-order valence-corrected chi connectivity index (χ4v) is 3.07. The molecule has 0 saturated carbocycles. The van der Waals surface area contributed by atoms with Crippen LogP contribution in [0.3, 0.4) is 0 Å². The lowest BCUT2D eigenvalue weighted by atomic mass is 10.1. The van der Waals surface area contributed by atoms with E-state index in [2.05, 4.69) is 24.4 Å². The predicted molar refractivity (Wildman–Crippen MR) is 88.3 cm³/mol. The molecule has 0 amide bonds. The first-order valence-corrected chi connectivity index (χ1v) is 7.97. The Morgan fingerprint density at radius 3 is 3.00 bits per heavy atom. The molecule has 0 fully saturated rings. The Morgan fingerprint density at radius 1 is 1.42 bits per heavy atom. The number of rotatable bonds is 3. The number of nitrogens with zero attached hydrogens (tertiary/aromatic N) is 4. The van der Waals surface area contributed by atoms with Gasteiger partial charge in [0.1, 0.15) is 5.82 Å². The molecule has 0 aliphatic carbocycles. The highest BCUT2D eigenvalue weighted by Gasteiger charge is 2.22. The molecule has 3 aromatic heterocycles. The first-order chi connectivity index (χ1) is 11.6. The zero-order chi connectivity index (χ0) is 16.7. The van der Waals surface area contributed by atoms with Gasteiger partial charge in [0.25, 0.3) is 5.56 Å². The van der Waals surface area contributed by atoms with Crippen molar-refractivity contribution in [3.63, 3.8) is 0 Å². The third-order valence-electron chi connectivity index (χ3n) is 4.60. The van der Waals surface area contributed by atoms with Gasteiger partial charge in [0.15, 0.2) is 11.6 Å². The number of aromatic amines is 1. The average Bonchev–Trinajstić information content (AvgIpc) is 3.21. The molecule has 4 rings (SSSR count). The summed E-state index contributed by atoms with van der Waals surface area (Å²) >= 11 is 0. The third-order valence-corrected chi connectivity index (χ3v) is 4.60. The summed E-state index contributed by atoms with van der Waals surface area (Å²) < 4.78 is 7.41. The van der Waals surface area contributed by atoms with E-state index in [1.54, 1.807) is 18.4 Å². The van der Waals surface area contributed by atoms with Crippen LogP contribution in [-0.4, -0.2) is 31.0 Å². The minimum Gasteiger partial charge on any atom is -0.461 e. The highest BCUT2D eigenvalue weighted by atomic mass is 16.3. The van der Waals surface area contributed by atoms with E-state index in [-0.39, 0.29) is 5.56 Å². The quantitative estimate of drug-likeness (QED) is 0.792. The molecular weight excluding hydrogens is 306 g/mol. The van der Waals surface area contributed by atoms with Gasteiger partial charge in [-0.25, -0.2) is 9.97 Å². The number of furan rings is 1. The number of hydrogen-bond donors (Lipinski definition) is 1. The van der Waals surface area contributed by atoms with Gasteiger partial charge >= 0.3 is 0 Å². The molecule has 4 heterocycles. The van der Waals surface area contributed by atoms with Crippen molar-refractivity contribution in [3.05, 3.63) is 57.7 Å². The number of H-pyrrole nitrogens is 1. The van der Waals surface area contributed by atoms with E-state index in [4.69, 9.17) is 4.42 Å². The summed E-state index contributed by atoms with van der Waals surface area (Å²) in [6.07, 6.45) is 4.23. The van der Waals surface area contributed by atoms with E-state index in [1.807, 2.05) is 20.2 Å². The van der Waals surface area contributed by atoms with E-state index in [9.17, 15) is 4.79 Å². The van der Waals surface area contributed by atoms with Crippen molar-refractivity contribution in [1.29, 1.82) is 0 Å². The van der Waals surface area contributed by atoms with Crippen LogP contribution in [0.5, 0.6) is 0 Å². The SMILES string of the molecule is Cc1ncc(CN2CCc3nc(-c4ccco4)[nH]c(=O)c3C2)n1C. The average molecular weight is 325 g/mol. The van der Waals surface area contributed by atoms with Crippen molar-refractivity contribution in [1.82, 2.24) is 24.4 Å². The fourth-order valence-electron chi connectivity index (χ4n) is 3.07. The maximum atomic E-state index is 12.5. The number of imidazole rings is 1. The Labute approximate surface area is 139 Å². The van der Waals surface area contributed by atoms with Gasteiger partial charge in [-0.15, -0.1) is 0 Å². The van der Waals surface area contributed by atoms with E-state index in [0.717, 1.165) is 42.3 Å². The van der Waals surface area contributed by atoms with Gasteiger partial charge in [-0.3, -0.25) is 9.69 Å². The lowest BCUT2D eigenvalue weighted by molar-refractivity contribution is 0.236. The van der Waals surface area contributed by atoms with Crippen molar-refractivity contribution in [2.24, 2.45) is 7.05 Å². The van der Waals surface area contributed by atoms with Gasteiger partial charge < -0.3 is 14.0 Å². The van der Waals surface area contributed by atoms with Gasteiger partial charge in [0.05, 0.1) is 23.2 Å². The number of nitrogens with one attached hydrogen (secondary N) is 1. The molecule has 0 radical (unpaired) electrons. The van der Waals surface area contributed by atoms with E-state index < -0.39 is 0 Å². The molecule has 7 nitrogen and oxygen atoms in total. The van der Waals surface area contributed by atoms with Gasteiger partial charge in [-0.05, 0) is 19.1 Å². The molecular formula is C17H19N5O2. The second-order valence-electron chi connectivity index (χ2n) is 6.13. The topological polar surface area (TPSA) is 80.0 Å². The molecule has 7 heteroatoms. The van der Waals surface area contributed by atoms with Crippen molar-refractivity contribution >= 4 is 0 Å². The van der Waals surface area contributed by atoms with Crippen LogP contribution < -0.4 is 5.56 Å². The van der Waals surface area contributed by atoms with Gasteiger partial charge in [0, 0.05) is 39.3 Å². The molecule has 0 aromatic carbocycles. The Hall–Kier alpha value is -2.67. The summed E-state index contributed by atoms with van der Waals surface area (Å²) in [4.78, 5) is 26.5. The first kappa shape index (κ1) is 14.9. The molecule has 1 aliphatic heterocycles. The summed E-state index contributed by atoms with van der Waals surface area (Å²) in [5.41, 5.74) is 2.67. The number of aromatic nitrogens is 4. The summed E-state index contributed by atoms with van der Waals surface area (Å²) in [5, 5.41) is 0. The molecule has 0 saturated heterocycles. The smallest absolute Gasteiger partial charge is 0.256 e. The number of hydrogen-bond acceptors (Lipinski definition) is 5. The van der Waals surface area contributed by atoms with Crippen molar-refractivity contribution in [2.75, 3.05) is 6.54 Å². The summed E-state index contributed by atoms with van der Waals surface area (Å²) in [7, 11) is 2.01. The highest BCUT2D eigenvalue weighted by molar-refractivity contribution is 5.46. The Balaban J connectivity index is 1.59. The minimum atomic E-state index is -0.0858. The molecule has 0 atom stereocenters. The van der Waals surface area contributed by atoms with Crippen LogP contribution in [0.25, 0.3) is 11.6 Å². The predicted octanol–water partition coefficient (Wildman–Crippen LogP) is 1.63. The standard InChI is InChI=1S/C17H19N5O2/c1-11-18-8-12(21(11)2)9-22-6-5-14-13(10-22)17(23)20-16(19-14)15-4-3-7-24-15/h3-4,7-8H,5-6,9-10H2,1-2H3,(H,19,20,23). The van der Waals surface area contributed by atoms with Crippen LogP contribution in [0.4, 0.5) is 0 Å². The lowest BCUT2D eigenvalue weighted by Crippen LogP contribution is -2.35. The second-order valence-corrected chi connectivity index (χ2v) is 6.13. The normalized spacial score (nSPS) is 14.8. The molecule has 3 aromatic rings. The third kappa shape index (κ3) is 2.56. The lowest BCUT2D eigenvalue weighted by Gasteiger charge is -2.27. The zero-order valence-electron chi connectivity index (χ0n) is 13.7. The van der Waals surface area contributed by atoms with Gasteiger partial charge in [-0.2, -0.15) is 0 Å². The van der Waals surface area contributed by atoms with Crippen LogP contribution in [0.1, 0.15) is 22.8 Å². The maximum Gasteiger partial charge on any atom is 0.256 e. The first-order valence-electron chi connectivity index (χ1n) is 7.97. The van der Waals surface area contributed by atoms with E-state index >= 15 is 0 Å². The van der Waals surface area contributed by atoms with E-state index in [1.165, 1.54) is 0 Å². The summed E-state index contributed by atoms with van der Waals surface area (Å²) in [5.74, 6) is 2.08. The molecule has 124 valence electrons. The van der Waals surface area contributed by atoms with Crippen molar-refractivity contribution in [2.45, 2.75) is 26.4 Å². The largest absolute Gasteiger partial charge is 0.461 e. The van der Waals surface area contributed by atoms with Crippen molar-refractivity contribution in [3.8, 4) is 11.6 Å². The molecule has 1 N–H and O–H groups in total. The Morgan fingerprint density at radius 2 is 2.29 bits per heavy atom. The van der Waals surface area contributed by atoms with Crippen LogP contribution in [-0.2, 0) is 26.6 Å². The highest BCUT2D eigenvalue weighted by Crippen LogP contribution is 2.20. The zero-order valence-corrected chi connectivity index (χ0v) is 13.7. The second kappa shape index (κ2) is 5.76. The maximum absolute atomic E-state index is 12.5.